The van der Waals surface area contributed by atoms with Crippen LogP contribution in [0.5, 0.6) is 0 Å². The smallest absolute Gasteiger partial charge is 0.290 e. The molecular weight excluding hydrogens is 73.0 g/mol. The number of hydrogen-bond acceptors (Lipinski definition) is 2. The molecule has 1 unspecified atom stereocenters. The van der Waals surface area contributed by atoms with Crippen LogP contribution >= 0.6 is 8.46 Å². The highest BCUT2D eigenvalue weighted by Crippen LogP contribution is 1.75. The van der Waals surface area contributed by atoms with Crippen LogP contribution in [-0.2, 0) is 4.57 Å². The van der Waals surface area contributed by atoms with Gasteiger partial charge in [-0.2, -0.15) is 0 Å². The first-order valence-corrected chi connectivity index (χ1v) is 2.08. The summed E-state index contributed by atoms with van der Waals surface area (Å²) in [6, 6.07) is 0. The molecule has 0 aliphatic rings. The van der Waals surface area contributed by atoms with Gasteiger partial charge in [0.05, 0.1) is 0 Å². The number of rotatable bonds is 1. The van der Waals surface area contributed by atoms with E-state index in [0.29, 0.717) is 6.29 Å². The minimum absolute atomic E-state index is 0.292. The van der Waals surface area contributed by atoms with Crippen LogP contribution in [0.3, 0.4) is 0 Å². The van der Waals surface area contributed by atoms with Crippen molar-refractivity contribution in [3.05, 3.63) is 0 Å². The molecule has 0 bridgehead atoms. The molecule has 0 fully saturated rings. The molecule has 3 heteroatoms. The summed E-state index contributed by atoms with van der Waals surface area (Å²) in [7, 11) is -0.332. The SMILES string of the molecule is NC[PH+]=O. The second-order valence-electron chi connectivity index (χ2n) is 0.348. The Hall–Kier alpha value is 0.0600. The molecule has 0 saturated carbocycles. The van der Waals surface area contributed by atoms with Crippen molar-refractivity contribution in [3.63, 3.8) is 0 Å². The normalized spacial score (nSPS) is 8.25. The van der Waals surface area contributed by atoms with Crippen molar-refractivity contribution in [2.24, 2.45) is 5.73 Å². The molecule has 0 rings (SSSR count). The van der Waals surface area contributed by atoms with E-state index in [4.69, 9.17) is 5.73 Å². The predicted molar refractivity (Wildman–Crippen MR) is 18.1 cm³/mol. The van der Waals surface area contributed by atoms with Crippen molar-refractivity contribution in [3.8, 4) is 0 Å². The molecule has 4 heavy (non-hydrogen) atoms. The Balaban J connectivity index is 2.30. The van der Waals surface area contributed by atoms with Gasteiger partial charge in [0.15, 0.2) is 6.29 Å². The average Bonchev–Trinajstić information content (AvgIpc) is 1.37. The van der Waals surface area contributed by atoms with Gasteiger partial charge in [0.1, 0.15) is 0 Å². The first-order chi connectivity index (χ1) is 1.91. The van der Waals surface area contributed by atoms with Crippen LogP contribution in [0.25, 0.3) is 0 Å². The van der Waals surface area contributed by atoms with Gasteiger partial charge >= 0.3 is 8.46 Å². The Labute approximate surface area is 26.2 Å². The average molecular weight is 78.0 g/mol. The van der Waals surface area contributed by atoms with Crippen LogP contribution in [0, 0.1) is 0 Å². The zero-order valence-corrected chi connectivity index (χ0v) is 3.19. The third-order valence-corrected chi connectivity index (χ3v) is 0.250. The largest absolute Gasteiger partial charge is 0.340 e. The Morgan fingerprint density at radius 3 is 2.25 bits per heavy atom. The van der Waals surface area contributed by atoms with Crippen LogP contribution in [0.2, 0.25) is 0 Å². The highest BCUT2D eigenvalue weighted by molar-refractivity contribution is 7.23. The third-order valence-electron chi connectivity index (χ3n) is 0.0833. The quantitative estimate of drug-likeness (QED) is 0.446. The van der Waals surface area contributed by atoms with Gasteiger partial charge in [-0.1, -0.05) is 4.57 Å². The van der Waals surface area contributed by atoms with Gasteiger partial charge in [-0.05, 0) is 0 Å². The minimum atomic E-state index is -0.332. The fraction of sp³-hybridized carbons (Fsp3) is 1.00. The van der Waals surface area contributed by atoms with Crippen LogP contribution in [0.4, 0.5) is 0 Å². The standard InChI is InChI=1S/CH4NOP/c2-1-4-3/h1-2H2/p+1. The first-order valence-electron chi connectivity index (χ1n) is 0.966. The fourth-order valence-corrected chi connectivity index (χ4v) is 0. The molecule has 1 atom stereocenters. The van der Waals surface area contributed by atoms with E-state index in [0.717, 1.165) is 0 Å². The van der Waals surface area contributed by atoms with Gasteiger partial charge in [-0.3, -0.25) is 5.73 Å². The van der Waals surface area contributed by atoms with E-state index in [9.17, 15) is 4.57 Å². The van der Waals surface area contributed by atoms with Crippen molar-refractivity contribution in [1.82, 2.24) is 0 Å². The molecular formula is CH5NOP+. The van der Waals surface area contributed by atoms with Crippen molar-refractivity contribution >= 4 is 8.46 Å². The summed E-state index contributed by atoms with van der Waals surface area (Å²) in [4.78, 5) is 0. The lowest BCUT2D eigenvalue weighted by molar-refractivity contribution is 0.599. The fourth-order valence-electron chi connectivity index (χ4n) is 0. The minimum Gasteiger partial charge on any atom is -0.290 e. The zero-order chi connectivity index (χ0) is 3.41. The summed E-state index contributed by atoms with van der Waals surface area (Å²) < 4.78 is 9.20. The van der Waals surface area contributed by atoms with E-state index in [-0.39, 0.29) is 8.46 Å². The molecule has 0 aliphatic heterocycles. The molecule has 24 valence electrons. The highest BCUT2D eigenvalue weighted by atomic mass is 31.1. The van der Waals surface area contributed by atoms with Gasteiger partial charge in [0.25, 0.3) is 0 Å². The molecule has 0 aromatic rings. The molecule has 0 aromatic carbocycles. The molecule has 0 aromatic heterocycles. The number of nitrogens with two attached hydrogens (primary N) is 1. The summed E-state index contributed by atoms with van der Waals surface area (Å²) in [6.07, 6.45) is 0.292. The maximum absolute atomic E-state index is 9.20. The molecule has 0 spiro atoms. The van der Waals surface area contributed by atoms with E-state index in [2.05, 4.69) is 0 Å². The van der Waals surface area contributed by atoms with Crippen molar-refractivity contribution in [1.29, 1.82) is 0 Å². The van der Waals surface area contributed by atoms with Crippen molar-refractivity contribution in [2.45, 2.75) is 0 Å². The first kappa shape index (κ1) is 4.06. The maximum Gasteiger partial charge on any atom is 0.340 e. The molecule has 2 nitrogen and oxygen atoms in total. The van der Waals surface area contributed by atoms with Gasteiger partial charge in [0.2, 0.25) is 0 Å². The summed E-state index contributed by atoms with van der Waals surface area (Å²) in [5.74, 6) is 0. The molecule has 0 amide bonds. The molecule has 2 N–H and O–H groups in total. The summed E-state index contributed by atoms with van der Waals surface area (Å²) >= 11 is 0. The lowest BCUT2D eigenvalue weighted by atomic mass is 11.6. The Morgan fingerprint density at radius 2 is 2.25 bits per heavy atom. The highest BCUT2D eigenvalue weighted by Gasteiger charge is 1.67. The number of hydrogen-bond donors (Lipinski definition) is 1. The molecule has 0 saturated heterocycles. The van der Waals surface area contributed by atoms with Gasteiger partial charge < -0.3 is 0 Å². The monoisotopic (exact) mass is 78.0 g/mol. The Bertz CT molecular complexity index is 22.0. The summed E-state index contributed by atoms with van der Waals surface area (Å²) in [6.45, 7) is 0. The lowest BCUT2D eigenvalue weighted by Gasteiger charge is -1.42. The van der Waals surface area contributed by atoms with Crippen LogP contribution in [-0.4, -0.2) is 6.29 Å². The second-order valence-corrected chi connectivity index (χ2v) is 1.05. The Morgan fingerprint density at radius 1 is 2.00 bits per heavy atom. The van der Waals surface area contributed by atoms with Crippen LogP contribution < -0.4 is 5.73 Å². The van der Waals surface area contributed by atoms with Crippen molar-refractivity contribution in [2.75, 3.05) is 6.29 Å². The van der Waals surface area contributed by atoms with E-state index >= 15 is 0 Å². The van der Waals surface area contributed by atoms with E-state index in [1.165, 1.54) is 0 Å². The van der Waals surface area contributed by atoms with E-state index in [1.54, 1.807) is 0 Å². The van der Waals surface area contributed by atoms with Crippen LogP contribution in [0.1, 0.15) is 0 Å². The van der Waals surface area contributed by atoms with Gasteiger partial charge in [-0.25, -0.2) is 0 Å². The zero-order valence-electron chi connectivity index (χ0n) is 2.19. The van der Waals surface area contributed by atoms with Gasteiger partial charge in [0, 0.05) is 0 Å². The second kappa shape index (κ2) is 3.06. The van der Waals surface area contributed by atoms with Gasteiger partial charge in [-0.15, -0.1) is 0 Å². The summed E-state index contributed by atoms with van der Waals surface area (Å²) in [5, 5.41) is 0. The van der Waals surface area contributed by atoms with E-state index in [1.807, 2.05) is 0 Å². The predicted octanol–water partition coefficient (Wildman–Crippen LogP) is -0.0734. The third kappa shape index (κ3) is 2.06. The maximum atomic E-state index is 9.20. The molecule has 0 radical (unpaired) electrons. The van der Waals surface area contributed by atoms with Crippen molar-refractivity contribution < 1.29 is 4.57 Å². The topological polar surface area (TPSA) is 43.1 Å². The summed E-state index contributed by atoms with van der Waals surface area (Å²) in [5.41, 5.74) is 4.73. The van der Waals surface area contributed by atoms with E-state index < -0.39 is 0 Å². The molecule has 0 aliphatic carbocycles. The van der Waals surface area contributed by atoms with Crippen LogP contribution in [0.15, 0.2) is 0 Å². The Kier molecular flexibility index (Phi) is 3.11. The lowest BCUT2D eigenvalue weighted by Crippen LogP contribution is -1.84. The molecule has 0 heterocycles.